The quantitative estimate of drug-likeness (QED) is 0.684. The first-order chi connectivity index (χ1) is 8.83. The van der Waals surface area contributed by atoms with Crippen molar-refractivity contribution in [3.05, 3.63) is 29.6 Å². The summed E-state index contributed by atoms with van der Waals surface area (Å²) in [5.41, 5.74) is 2.56. The zero-order valence-electron chi connectivity index (χ0n) is 11.9. The monoisotopic (exact) mass is 250 g/mol. The zero-order valence-corrected chi connectivity index (χ0v) is 11.9. The molecule has 1 aromatic rings. The Balaban J connectivity index is 2.72. The van der Waals surface area contributed by atoms with E-state index in [1.165, 1.54) is 11.3 Å². The lowest BCUT2D eigenvalue weighted by atomic mass is 10.0. The number of aromatic nitrogens is 1. The largest absolute Gasteiger partial charge is 0.385 e. The maximum Gasteiger partial charge on any atom is 0.0604 e. The minimum Gasteiger partial charge on any atom is -0.385 e. The number of rotatable bonds is 9. The number of hydrogen-bond acceptors (Lipinski definition) is 3. The van der Waals surface area contributed by atoms with E-state index >= 15 is 0 Å². The van der Waals surface area contributed by atoms with Crippen molar-refractivity contribution in [1.82, 2.24) is 10.3 Å². The van der Waals surface area contributed by atoms with Gasteiger partial charge in [-0.1, -0.05) is 19.9 Å². The summed E-state index contributed by atoms with van der Waals surface area (Å²) in [5.74, 6) is 0. The van der Waals surface area contributed by atoms with Crippen molar-refractivity contribution in [2.75, 3.05) is 20.3 Å². The van der Waals surface area contributed by atoms with Gasteiger partial charge in [-0.25, -0.2) is 0 Å². The van der Waals surface area contributed by atoms with Crippen molar-refractivity contribution in [3.8, 4) is 0 Å². The Labute approximate surface area is 111 Å². The van der Waals surface area contributed by atoms with Crippen LogP contribution >= 0.6 is 0 Å². The predicted molar refractivity (Wildman–Crippen MR) is 75.8 cm³/mol. The van der Waals surface area contributed by atoms with E-state index in [2.05, 4.69) is 30.2 Å². The summed E-state index contributed by atoms with van der Waals surface area (Å²) in [7, 11) is 1.76. The number of ether oxygens (including phenoxy) is 1. The molecule has 0 aliphatic heterocycles. The molecule has 3 heteroatoms. The van der Waals surface area contributed by atoms with Crippen LogP contribution in [0.2, 0.25) is 0 Å². The first kappa shape index (κ1) is 15.1. The van der Waals surface area contributed by atoms with Crippen LogP contribution in [0.5, 0.6) is 0 Å². The number of nitrogens with one attached hydrogen (secondary N) is 1. The smallest absolute Gasteiger partial charge is 0.0604 e. The van der Waals surface area contributed by atoms with Crippen molar-refractivity contribution in [2.24, 2.45) is 0 Å². The second-order valence-electron chi connectivity index (χ2n) is 4.54. The van der Waals surface area contributed by atoms with Crippen LogP contribution in [0.4, 0.5) is 0 Å². The van der Waals surface area contributed by atoms with E-state index in [9.17, 15) is 0 Å². The summed E-state index contributed by atoms with van der Waals surface area (Å²) in [6, 6.07) is 4.56. The Morgan fingerprint density at radius 1 is 1.39 bits per heavy atom. The summed E-state index contributed by atoms with van der Waals surface area (Å²) in [5, 5.41) is 3.60. The van der Waals surface area contributed by atoms with Crippen LogP contribution in [0.15, 0.2) is 18.3 Å². The molecule has 3 nitrogen and oxygen atoms in total. The second-order valence-corrected chi connectivity index (χ2v) is 4.54. The highest BCUT2D eigenvalue weighted by molar-refractivity contribution is 5.22. The van der Waals surface area contributed by atoms with E-state index in [1.807, 2.05) is 12.3 Å². The molecule has 1 N–H and O–H groups in total. The zero-order chi connectivity index (χ0) is 13.2. The lowest BCUT2D eigenvalue weighted by Crippen LogP contribution is -2.24. The number of methoxy groups -OCH3 is 1. The highest BCUT2D eigenvalue weighted by Crippen LogP contribution is 2.20. The van der Waals surface area contributed by atoms with Gasteiger partial charge in [0.15, 0.2) is 0 Å². The SMILES string of the molecule is CCCNC(CCCOC)c1ncccc1CC. The Morgan fingerprint density at radius 2 is 2.22 bits per heavy atom. The standard InChI is InChI=1S/C15H26N2O/c1-4-10-16-14(9-7-12-18-3)15-13(5-2)8-6-11-17-15/h6,8,11,14,16H,4-5,7,9-10,12H2,1-3H3. The van der Waals surface area contributed by atoms with Crippen LogP contribution in [0.25, 0.3) is 0 Å². The van der Waals surface area contributed by atoms with Crippen molar-refractivity contribution < 1.29 is 4.74 Å². The maximum atomic E-state index is 5.14. The molecular weight excluding hydrogens is 224 g/mol. The van der Waals surface area contributed by atoms with Crippen LogP contribution in [-0.2, 0) is 11.2 Å². The van der Waals surface area contributed by atoms with Crippen molar-refractivity contribution in [2.45, 2.75) is 45.6 Å². The molecule has 0 saturated heterocycles. The van der Waals surface area contributed by atoms with Crippen LogP contribution in [0.3, 0.4) is 0 Å². The van der Waals surface area contributed by atoms with Gasteiger partial charge in [0.2, 0.25) is 0 Å². The molecule has 18 heavy (non-hydrogen) atoms. The van der Waals surface area contributed by atoms with Gasteiger partial charge in [-0.15, -0.1) is 0 Å². The van der Waals surface area contributed by atoms with Gasteiger partial charge < -0.3 is 10.1 Å². The Bertz CT molecular complexity index is 328. The summed E-state index contributed by atoms with van der Waals surface area (Å²) in [4.78, 5) is 4.58. The summed E-state index contributed by atoms with van der Waals surface area (Å²) >= 11 is 0. The molecule has 0 amide bonds. The molecule has 1 atom stereocenters. The molecular formula is C15H26N2O. The molecule has 0 aromatic carbocycles. The molecule has 1 rings (SSSR count). The number of pyridine rings is 1. The molecule has 1 unspecified atom stereocenters. The fraction of sp³-hybridized carbons (Fsp3) is 0.667. The molecule has 1 aromatic heterocycles. The van der Waals surface area contributed by atoms with E-state index in [0.29, 0.717) is 6.04 Å². The first-order valence-electron chi connectivity index (χ1n) is 6.99. The van der Waals surface area contributed by atoms with Gasteiger partial charge in [0, 0.05) is 26.0 Å². The number of aryl methyl sites for hydroxylation is 1. The van der Waals surface area contributed by atoms with E-state index in [1.54, 1.807) is 7.11 Å². The number of nitrogens with zero attached hydrogens (tertiary/aromatic N) is 1. The predicted octanol–water partition coefficient (Wildman–Crippen LogP) is 3.11. The highest BCUT2D eigenvalue weighted by Gasteiger charge is 2.14. The lowest BCUT2D eigenvalue weighted by Gasteiger charge is -2.20. The lowest BCUT2D eigenvalue weighted by molar-refractivity contribution is 0.188. The third-order valence-corrected chi connectivity index (χ3v) is 3.12. The van der Waals surface area contributed by atoms with E-state index in [4.69, 9.17) is 4.74 Å². The normalized spacial score (nSPS) is 12.6. The van der Waals surface area contributed by atoms with E-state index in [-0.39, 0.29) is 0 Å². The van der Waals surface area contributed by atoms with Gasteiger partial charge in [0.25, 0.3) is 0 Å². The van der Waals surface area contributed by atoms with Gasteiger partial charge in [-0.2, -0.15) is 0 Å². The average Bonchev–Trinajstić information content (AvgIpc) is 2.42. The topological polar surface area (TPSA) is 34.1 Å². The van der Waals surface area contributed by atoms with Gasteiger partial charge in [-0.05, 0) is 43.9 Å². The Morgan fingerprint density at radius 3 is 2.89 bits per heavy atom. The molecule has 1 heterocycles. The third kappa shape index (κ3) is 4.75. The van der Waals surface area contributed by atoms with Crippen LogP contribution in [0.1, 0.15) is 50.4 Å². The van der Waals surface area contributed by atoms with E-state index < -0.39 is 0 Å². The van der Waals surface area contributed by atoms with Crippen molar-refractivity contribution in [3.63, 3.8) is 0 Å². The fourth-order valence-electron chi connectivity index (χ4n) is 2.15. The van der Waals surface area contributed by atoms with Crippen LogP contribution in [-0.4, -0.2) is 25.2 Å². The molecule has 0 aliphatic carbocycles. The van der Waals surface area contributed by atoms with Crippen LogP contribution < -0.4 is 5.32 Å². The summed E-state index contributed by atoms with van der Waals surface area (Å²) in [6.07, 6.45) is 6.23. The van der Waals surface area contributed by atoms with Gasteiger partial charge >= 0.3 is 0 Å². The van der Waals surface area contributed by atoms with Gasteiger partial charge in [0.05, 0.1) is 5.69 Å². The number of hydrogen-bond donors (Lipinski definition) is 1. The molecule has 0 aliphatic rings. The fourth-order valence-corrected chi connectivity index (χ4v) is 2.15. The molecule has 0 fully saturated rings. The van der Waals surface area contributed by atoms with Crippen LogP contribution in [0, 0.1) is 0 Å². The summed E-state index contributed by atoms with van der Waals surface area (Å²) in [6.45, 7) is 6.24. The molecule has 0 radical (unpaired) electrons. The maximum absolute atomic E-state index is 5.14. The minimum absolute atomic E-state index is 0.358. The molecule has 102 valence electrons. The van der Waals surface area contributed by atoms with Crippen molar-refractivity contribution in [1.29, 1.82) is 0 Å². The third-order valence-electron chi connectivity index (χ3n) is 3.12. The second kappa shape index (κ2) is 9.06. The Hall–Kier alpha value is -0.930. The minimum atomic E-state index is 0.358. The Kier molecular flexibility index (Phi) is 7.62. The highest BCUT2D eigenvalue weighted by atomic mass is 16.5. The van der Waals surface area contributed by atoms with E-state index in [0.717, 1.165) is 38.8 Å². The van der Waals surface area contributed by atoms with Crippen molar-refractivity contribution >= 4 is 0 Å². The first-order valence-corrected chi connectivity index (χ1v) is 6.99. The molecule has 0 spiro atoms. The van der Waals surface area contributed by atoms with Gasteiger partial charge in [-0.3, -0.25) is 4.98 Å². The molecule has 0 saturated carbocycles. The summed E-state index contributed by atoms with van der Waals surface area (Å²) < 4.78 is 5.14. The van der Waals surface area contributed by atoms with Gasteiger partial charge in [0.1, 0.15) is 0 Å². The molecule has 0 bridgehead atoms. The average molecular weight is 250 g/mol.